The molecule has 0 aliphatic rings. The van der Waals surface area contributed by atoms with Crippen LogP contribution in [0.4, 0.5) is 11.4 Å². The number of nitrogens with one attached hydrogen (secondary N) is 2. The minimum absolute atomic E-state index is 0.0285. The maximum absolute atomic E-state index is 12.6. The van der Waals surface area contributed by atoms with E-state index in [1.54, 1.807) is 50.2 Å². The highest BCUT2D eigenvalue weighted by Crippen LogP contribution is 2.26. The van der Waals surface area contributed by atoms with E-state index in [2.05, 4.69) is 20.9 Å². The summed E-state index contributed by atoms with van der Waals surface area (Å²) >= 11 is 12.0. The van der Waals surface area contributed by atoms with Gasteiger partial charge >= 0.3 is 5.97 Å². The van der Waals surface area contributed by atoms with Crippen LogP contribution in [0.2, 0.25) is 10.0 Å². The van der Waals surface area contributed by atoms with Crippen molar-refractivity contribution in [2.45, 2.75) is 20.4 Å². The van der Waals surface area contributed by atoms with Crippen molar-refractivity contribution in [3.8, 4) is 0 Å². The molecule has 166 valence electrons. The van der Waals surface area contributed by atoms with Gasteiger partial charge in [-0.15, -0.1) is 5.10 Å². The van der Waals surface area contributed by atoms with Crippen molar-refractivity contribution >= 4 is 52.4 Å². The second-order valence-corrected chi connectivity index (χ2v) is 7.42. The highest BCUT2D eigenvalue weighted by molar-refractivity contribution is 6.35. The predicted molar refractivity (Wildman–Crippen MR) is 120 cm³/mol. The van der Waals surface area contributed by atoms with E-state index >= 15 is 0 Å². The Morgan fingerprint density at radius 1 is 1.06 bits per heavy atom. The summed E-state index contributed by atoms with van der Waals surface area (Å²) in [4.78, 5) is 37.2. The van der Waals surface area contributed by atoms with Gasteiger partial charge in [-0.25, -0.2) is 9.48 Å². The fourth-order valence-corrected chi connectivity index (χ4v) is 3.14. The third-order valence-electron chi connectivity index (χ3n) is 4.36. The zero-order chi connectivity index (χ0) is 23.3. The number of hydrogen-bond donors (Lipinski definition) is 2. The fraction of sp³-hybridized carbons (Fsp3) is 0.190. The number of hydrogen-bond acceptors (Lipinski definition) is 6. The molecule has 11 heteroatoms. The quantitative estimate of drug-likeness (QED) is 0.499. The van der Waals surface area contributed by atoms with Crippen LogP contribution < -0.4 is 10.6 Å². The number of halogens is 2. The summed E-state index contributed by atoms with van der Waals surface area (Å²) in [5.74, 6) is -1.55. The summed E-state index contributed by atoms with van der Waals surface area (Å²) < 4.78 is 6.28. The van der Waals surface area contributed by atoms with E-state index in [0.29, 0.717) is 27.1 Å². The van der Waals surface area contributed by atoms with Gasteiger partial charge in [-0.05, 0) is 44.2 Å². The van der Waals surface area contributed by atoms with Crippen molar-refractivity contribution in [3.63, 3.8) is 0 Å². The molecule has 0 fully saturated rings. The lowest BCUT2D eigenvalue weighted by atomic mass is 10.2. The molecule has 0 unspecified atom stereocenters. The Balaban J connectivity index is 1.71. The first-order valence-electron chi connectivity index (χ1n) is 9.52. The van der Waals surface area contributed by atoms with E-state index in [0.717, 1.165) is 0 Å². The van der Waals surface area contributed by atoms with E-state index in [4.69, 9.17) is 27.9 Å². The number of esters is 1. The normalized spacial score (nSPS) is 10.5. The summed E-state index contributed by atoms with van der Waals surface area (Å²) in [7, 11) is 0. The minimum Gasteiger partial charge on any atom is -0.462 e. The number of amides is 2. The van der Waals surface area contributed by atoms with Gasteiger partial charge in [0.05, 0.1) is 34.3 Å². The number of carbonyl (C=O) groups is 3. The van der Waals surface area contributed by atoms with Crippen LogP contribution in [0.5, 0.6) is 0 Å². The SMILES string of the molecule is CCOC(=O)c1ccccc1NC(=O)Cn1nnc(C(=O)Nc2cc(Cl)ccc2Cl)c1C. The molecule has 9 nitrogen and oxygen atoms in total. The summed E-state index contributed by atoms with van der Waals surface area (Å²) in [5.41, 5.74) is 1.26. The Bertz CT molecular complexity index is 1180. The molecule has 2 amide bonds. The number of ether oxygens (including phenoxy) is 1. The zero-order valence-corrected chi connectivity index (χ0v) is 18.7. The topological polar surface area (TPSA) is 115 Å². The molecule has 3 rings (SSSR count). The lowest BCUT2D eigenvalue weighted by molar-refractivity contribution is -0.117. The van der Waals surface area contributed by atoms with Crippen molar-refractivity contribution in [2.24, 2.45) is 0 Å². The summed E-state index contributed by atoms with van der Waals surface area (Å²) in [6.07, 6.45) is 0. The molecule has 2 aromatic carbocycles. The summed E-state index contributed by atoms with van der Waals surface area (Å²) in [6.45, 7) is 3.29. The van der Waals surface area contributed by atoms with Crippen LogP contribution in [0.1, 0.15) is 33.5 Å². The Kier molecular flexibility index (Phi) is 7.45. The monoisotopic (exact) mass is 475 g/mol. The second kappa shape index (κ2) is 10.3. The lowest BCUT2D eigenvalue weighted by Crippen LogP contribution is -2.22. The second-order valence-electron chi connectivity index (χ2n) is 6.57. The standard InChI is InChI=1S/C21H19Cl2N5O4/c1-3-32-21(31)14-6-4-5-7-16(14)24-18(29)11-28-12(2)19(26-27-28)20(30)25-17-10-13(22)8-9-15(17)23/h4-10H,3,11H2,1-2H3,(H,24,29)(H,25,30). The Hall–Kier alpha value is -3.43. The van der Waals surface area contributed by atoms with Crippen LogP contribution in [-0.2, 0) is 16.1 Å². The number of benzene rings is 2. The van der Waals surface area contributed by atoms with Crippen LogP contribution in [0.15, 0.2) is 42.5 Å². The molecule has 0 bridgehead atoms. The van der Waals surface area contributed by atoms with E-state index in [1.807, 2.05) is 0 Å². The highest BCUT2D eigenvalue weighted by Gasteiger charge is 2.20. The molecule has 32 heavy (non-hydrogen) atoms. The maximum atomic E-state index is 12.6. The smallest absolute Gasteiger partial charge is 0.340 e. The van der Waals surface area contributed by atoms with Crippen LogP contribution >= 0.6 is 23.2 Å². The molecule has 0 saturated heterocycles. The molecule has 0 spiro atoms. The first kappa shape index (κ1) is 23.2. The number of rotatable bonds is 7. The van der Waals surface area contributed by atoms with E-state index < -0.39 is 17.8 Å². The van der Waals surface area contributed by atoms with Crippen LogP contribution in [0, 0.1) is 6.92 Å². The highest BCUT2D eigenvalue weighted by atomic mass is 35.5. The van der Waals surface area contributed by atoms with E-state index in [1.165, 1.54) is 10.7 Å². The van der Waals surface area contributed by atoms with E-state index in [-0.39, 0.29) is 24.4 Å². The number of para-hydroxylation sites is 1. The van der Waals surface area contributed by atoms with Crippen LogP contribution in [-0.4, -0.2) is 39.4 Å². The van der Waals surface area contributed by atoms with Gasteiger partial charge in [0.15, 0.2) is 5.69 Å². The van der Waals surface area contributed by atoms with Gasteiger partial charge in [0.1, 0.15) is 6.54 Å². The van der Waals surface area contributed by atoms with Crippen molar-refractivity contribution in [1.82, 2.24) is 15.0 Å². The number of anilines is 2. The number of carbonyl (C=O) groups excluding carboxylic acids is 3. The summed E-state index contributed by atoms with van der Waals surface area (Å²) in [5, 5.41) is 13.7. The molecule has 0 aliphatic carbocycles. The van der Waals surface area contributed by atoms with Crippen LogP contribution in [0.25, 0.3) is 0 Å². The van der Waals surface area contributed by atoms with Crippen molar-refractivity contribution < 1.29 is 19.1 Å². The number of aromatic nitrogens is 3. The molecule has 1 heterocycles. The predicted octanol–water partition coefficient (Wildman–Crippen LogP) is 3.96. The average Bonchev–Trinajstić information content (AvgIpc) is 3.11. The molecule has 2 N–H and O–H groups in total. The summed E-state index contributed by atoms with van der Waals surface area (Å²) in [6, 6.07) is 11.2. The molecular weight excluding hydrogens is 457 g/mol. The lowest BCUT2D eigenvalue weighted by Gasteiger charge is -2.11. The van der Waals surface area contributed by atoms with Crippen molar-refractivity contribution in [1.29, 1.82) is 0 Å². The van der Waals surface area contributed by atoms with Gasteiger partial charge in [0.25, 0.3) is 5.91 Å². The Morgan fingerprint density at radius 2 is 1.81 bits per heavy atom. The molecule has 0 atom stereocenters. The van der Waals surface area contributed by atoms with Gasteiger partial charge in [0.2, 0.25) is 5.91 Å². The third-order valence-corrected chi connectivity index (χ3v) is 4.93. The molecular formula is C21H19Cl2N5O4. The van der Waals surface area contributed by atoms with Gasteiger partial charge < -0.3 is 15.4 Å². The number of nitrogens with zero attached hydrogens (tertiary/aromatic N) is 3. The maximum Gasteiger partial charge on any atom is 0.340 e. The van der Waals surface area contributed by atoms with Crippen LogP contribution in [0.3, 0.4) is 0 Å². The molecule has 0 aliphatic heterocycles. The van der Waals surface area contributed by atoms with Gasteiger partial charge in [-0.2, -0.15) is 0 Å². The van der Waals surface area contributed by atoms with Gasteiger partial charge in [0, 0.05) is 5.02 Å². The van der Waals surface area contributed by atoms with Crippen molar-refractivity contribution in [3.05, 3.63) is 69.5 Å². The molecule has 0 saturated carbocycles. The first-order valence-corrected chi connectivity index (χ1v) is 10.3. The largest absolute Gasteiger partial charge is 0.462 e. The van der Waals surface area contributed by atoms with Crippen molar-refractivity contribution in [2.75, 3.05) is 17.2 Å². The van der Waals surface area contributed by atoms with Gasteiger partial charge in [-0.3, -0.25) is 9.59 Å². The first-order chi connectivity index (χ1) is 15.3. The zero-order valence-electron chi connectivity index (χ0n) is 17.2. The molecule has 0 radical (unpaired) electrons. The molecule has 3 aromatic rings. The third kappa shape index (κ3) is 5.43. The van der Waals surface area contributed by atoms with E-state index in [9.17, 15) is 14.4 Å². The Morgan fingerprint density at radius 3 is 2.56 bits per heavy atom. The molecule has 1 aromatic heterocycles. The Labute approximate surface area is 193 Å². The fourth-order valence-electron chi connectivity index (χ4n) is 2.80. The van der Waals surface area contributed by atoms with Gasteiger partial charge in [-0.1, -0.05) is 40.5 Å². The average molecular weight is 476 g/mol. The minimum atomic E-state index is -0.550.